The molecule has 0 atom stereocenters. The molecule has 0 amide bonds. The Kier molecular flexibility index (Phi) is 5.02. The lowest BCUT2D eigenvalue weighted by atomic mass is 10.1. The summed E-state index contributed by atoms with van der Waals surface area (Å²) in [5.41, 5.74) is 3.35. The quantitative estimate of drug-likeness (QED) is 0.469. The molecule has 0 bridgehead atoms. The summed E-state index contributed by atoms with van der Waals surface area (Å²) in [6, 6.07) is 12.2. The average molecular weight is 453 g/mol. The molecule has 0 saturated heterocycles. The Balaban J connectivity index is 1.63. The van der Waals surface area contributed by atoms with Crippen LogP contribution in [0.2, 0.25) is 0 Å². The van der Waals surface area contributed by atoms with Crippen LogP contribution < -0.4 is 5.56 Å². The molecule has 146 valence electrons. The number of halogens is 1. The standard InChI is InChI=1S/C21H17BrN4O3/c1-13-6-21(29)26(19-4-3-16(22)8-18(13)19)11-17-10-25(24-23-17)9-14-2-5-20(28)15(7-14)12-27/h2-8,10,12,28H,9,11H2,1H3. The van der Waals surface area contributed by atoms with Crippen molar-refractivity contribution in [3.05, 3.63) is 85.9 Å². The summed E-state index contributed by atoms with van der Waals surface area (Å²) < 4.78 is 4.26. The molecule has 0 fully saturated rings. The summed E-state index contributed by atoms with van der Waals surface area (Å²) in [7, 11) is 0. The average Bonchev–Trinajstić information content (AvgIpc) is 3.13. The van der Waals surface area contributed by atoms with Gasteiger partial charge in [-0.25, -0.2) is 4.68 Å². The van der Waals surface area contributed by atoms with Crippen LogP contribution in [0.25, 0.3) is 10.9 Å². The van der Waals surface area contributed by atoms with Crippen molar-refractivity contribution >= 4 is 33.1 Å². The maximum atomic E-state index is 12.6. The second kappa shape index (κ2) is 7.63. The van der Waals surface area contributed by atoms with Crippen LogP contribution in [0.3, 0.4) is 0 Å². The van der Waals surface area contributed by atoms with E-state index < -0.39 is 0 Å². The van der Waals surface area contributed by atoms with E-state index in [2.05, 4.69) is 26.2 Å². The minimum Gasteiger partial charge on any atom is -0.507 e. The molecule has 1 N–H and O–H groups in total. The van der Waals surface area contributed by atoms with Crippen LogP contribution in [-0.2, 0) is 13.1 Å². The molecule has 0 saturated carbocycles. The van der Waals surface area contributed by atoms with Gasteiger partial charge in [0, 0.05) is 15.9 Å². The summed E-state index contributed by atoms with van der Waals surface area (Å²) >= 11 is 3.48. The van der Waals surface area contributed by atoms with Crippen molar-refractivity contribution < 1.29 is 9.90 Å². The van der Waals surface area contributed by atoms with Crippen LogP contribution in [0.15, 0.2) is 57.9 Å². The van der Waals surface area contributed by atoms with Gasteiger partial charge in [-0.3, -0.25) is 9.59 Å². The number of aromatic hydroxyl groups is 1. The summed E-state index contributed by atoms with van der Waals surface area (Å²) in [5, 5.41) is 18.9. The van der Waals surface area contributed by atoms with Crippen LogP contribution >= 0.6 is 15.9 Å². The zero-order chi connectivity index (χ0) is 20.5. The predicted molar refractivity (Wildman–Crippen MR) is 112 cm³/mol. The van der Waals surface area contributed by atoms with Crippen molar-refractivity contribution in [1.82, 2.24) is 19.6 Å². The Labute approximate surface area is 174 Å². The Morgan fingerprint density at radius 2 is 1.97 bits per heavy atom. The van der Waals surface area contributed by atoms with Gasteiger partial charge >= 0.3 is 0 Å². The van der Waals surface area contributed by atoms with Crippen molar-refractivity contribution in [3.63, 3.8) is 0 Å². The second-order valence-corrected chi connectivity index (χ2v) is 7.75. The Morgan fingerprint density at radius 1 is 1.14 bits per heavy atom. The van der Waals surface area contributed by atoms with Gasteiger partial charge in [-0.1, -0.05) is 27.2 Å². The number of aryl methyl sites for hydroxylation is 1. The van der Waals surface area contributed by atoms with E-state index in [0.717, 1.165) is 26.5 Å². The lowest BCUT2D eigenvalue weighted by Gasteiger charge is -2.11. The third kappa shape index (κ3) is 3.84. The van der Waals surface area contributed by atoms with Crippen molar-refractivity contribution in [2.24, 2.45) is 0 Å². The maximum absolute atomic E-state index is 12.6. The number of pyridine rings is 1. The summed E-state index contributed by atoms with van der Waals surface area (Å²) in [6.45, 7) is 2.61. The minimum absolute atomic E-state index is 0.0553. The molecule has 4 rings (SSSR count). The van der Waals surface area contributed by atoms with E-state index in [1.807, 2.05) is 25.1 Å². The third-order valence-corrected chi connectivity index (χ3v) is 5.24. The first-order valence-electron chi connectivity index (χ1n) is 8.90. The van der Waals surface area contributed by atoms with Crippen LogP contribution in [0.5, 0.6) is 5.75 Å². The summed E-state index contributed by atoms with van der Waals surface area (Å²) in [6.07, 6.45) is 2.38. The van der Waals surface area contributed by atoms with E-state index in [9.17, 15) is 14.7 Å². The molecule has 0 aliphatic carbocycles. The summed E-state index contributed by atoms with van der Waals surface area (Å²) in [5.74, 6) is -0.0553. The van der Waals surface area contributed by atoms with Gasteiger partial charge in [0.05, 0.1) is 30.4 Å². The molecule has 2 aromatic heterocycles. The molecule has 4 aromatic rings. The van der Waals surface area contributed by atoms with E-state index in [1.54, 1.807) is 33.6 Å². The molecular weight excluding hydrogens is 436 g/mol. The Bertz CT molecular complexity index is 1290. The smallest absolute Gasteiger partial charge is 0.251 e. The molecule has 8 heteroatoms. The van der Waals surface area contributed by atoms with Gasteiger partial charge < -0.3 is 9.67 Å². The Hall–Kier alpha value is -3.26. The largest absolute Gasteiger partial charge is 0.507 e. The molecule has 7 nitrogen and oxygen atoms in total. The van der Waals surface area contributed by atoms with Crippen molar-refractivity contribution in [2.75, 3.05) is 0 Å². The molecule has 0 unspecified atom stereocenters. The van der Waals surface area contributed by atoms with Gasteiger partial charge in [0.15, 0.2) is 6.29 Å². The molecule has 0 aliphatic rings. The zero-order valence-corrected chi connectivity index (χ0v) is 17.1. The number of fused-ring (bicyclic) bond motifs is 1. The van der Waals surface area contributed by atoms with Crippen LogP contribution in [0.4, 0.5) is 0 Å². The van der Waals surface area contributed by atoms with E-state index in [4.69, 9.17) is 0 Å². The number of phenolic OH excluding ortho intramolecular Hbond substituents is 1. The van der Waals surface area contributed by atoms with Gasteiger partial charge in [-0.05, 0) is 48.4 Å². The van der Waals surface area contributed by atoms with Crippen molar-refractivity contribution in [3.8, 4) is 5.75 Å². The molecule has 2 aromatic carbocycles. The van der Waals surface area contributed by atoms with E-state index in [-0.39, 0.29) is 16.9 Å². The fourth-order valence-electron chi connectivity index (χ4n) is 3.32. The molecular formula is C21H17BrN4O3. The normalized spacial score (nSPS) is 11.1. The van der Waals surface area contributed by atoms with Gasteiger partial charge in [0.2, 0.25) is 0 Å². The fourth-order valence-corrected chi connectivity index (χ4v) is 3.68. The fraction of sp³-hybridized carbons (Fsp3) is 0.143. The zero-order valence-electron chi connectivity index (χ0n) is 15.5. The third-order valence-electron chi connectivity index (χ3n) is 4.75. The van der Waals surface area contributed by atoms with E-state index >= 15 is 0 Å². The minimum atomic E-state index is -0.0963. The number of phenols is 1. The number of carbonyl (C=O) groups excluding carboxylic acids is 1. The van der Waals surface area contributed by atoms with Crippen molar-refractivity contribution in [2.45, 2.75) is 20.0 Å². The van der Waals surface area contributed by atoms with Gasteiger partial charge in [0.1, 0.15) is 11.4 Å². The van der Waals surface area contributed by atoms with Crippen LogP contribution in [-0.4, -0.2) is 31.0 Å². The highest BCUT2D eigenvalue weighted by Crippen LogP contribution is 2.22. The first kappa shape index (κ1) is 19.1. The van der Waals surface area contributed by atoms with Gasteiger partial charge in [0.25, 0.3) is 5.56 Å². The number of nitrogens with zero attached hydrogens (tertiary/aromatic N) is 4. The number of carbonyl (C=O) groups is 1. The van der Waals surface area contributed by atoms with E-state index in [1.165, 1.54) is 6.07 Å². The number of rotatable bonds is 5. The lowest BCUT2D eigenvalue weighted by molar-refractivity contribution is 0.112. The number of benzene rings is 2. The first-order chi connectivity index (χ1) is 13.9. The number of hydrogen-bond donors (Lipinski definition) is 1. The second-order valence-electron chi connectivity index (χ2n) is 6.83. The highest BCUT2D eigenvalue weighted by molar-refractivity contribution is 9.10. The number of aromatic nitrogens is 4. The SMILES string of the molecule is Cc1cc(=O)n(Cc2cn(Cc3ccc(O)c(C=O)c3)nn2)c2ccc(Br)cc12. The molecule has 0 spiro atoms. The topological polar surface area (TPSA) is 90.0 Å². The monoisotopic (exact) mass is 452 g/mol. The maximum Gasteiger partial charge on any atom is 0.251 e. The molecule has 0 aliphatic heterocycles. The predicted octanol–water partition coefficient (Wildman–Crippen LogP) is 3.28. The van der Waals surface area contributed by atoms with Gasteiger partial charge in [-0.15, -0.1) is 5.10 Å². The number of hydrogen-bond acceptors (Lipinski definition) is 5. The lowest BCUT2D eigenvalue weighted by Crippen LogP contribution is -2.21. The molecule has 29 heavy (non-hydrogen) atoms. The van der Waals surface area contributed by atoms with Crippen molar-refractivity contribution in [1.29, 1.82) is 0 Å². The van der Waals surface area contributed by atoms with Crippen LogP contribution in [0, 0.1) is 6.92 Å². The first-order valence-corrected chi connectivity index (χ1v) is 9.69. The highest BCUT2D eigenvalue weighted by Gasteiger charge is 2.10. The summed E-state index contributed by atoms with van der Waals surface area (Å²) in [4.78, 5) is 23.6. The number of aldehydes is 1. The highest BCUT2D eigenvalue weighted by atomic mass is 79.9. The molecule has 0 radical (unpaired) electrons. The Morgan fingerprint density at radius 3 is 2.76 bits per heavy atom. The van der Waals surface area contributed by atoms with E-state index in [0.29, 0.717) is 25.1 Å². The molecule has 2 heterocycles. The van der Waals surface area contributed by atoms with Gasteiger partial charge in [-0.2, -0.15) is 0 Å². The van der Waals surface area contributed by atoms with Crippen LogP contribution in [0.1, 0.15) is 27.2 Å².